The molecular weight excluding hydrogens is 1620 g/mol. The summed E-state index contributed by atoms with van der Waals surface area (Å²) in [5, 5.41) is 42.7. The lowest BCUT2D eigenvalue weighted by Crippen LogP contribution is -2.65. The molecule has 2 amide bonds. The number of carbonyl (C=O) groups excluding carboxylic acids is 7. The zero-order chi connectivity index (χ0) is 91.3. The third-order valence-corrected chi connectivity index (χ3v) is 23.4. The van der Waals surface area contributed by atoms with Crippen molar-refractivity contribution in [1.82, 2.24) is 50.5 Å². The van der Waals surface area contributed by atoms with Crippen LogP contribution in [0.5, 0.6) is 0 Å². The number of aliphatic hydroxyl groups excluding tert-OH is 1. The standard InChI is InChI=1S/C47H71BN6O8.C16H18N2O2.C15H16N2O2.C10H15BO2.C6H5ClN2O2.CH4/c1-8-9-12-31-14-16-32(17-15-31)43-51-26-34(27-52-43)37(56)23-33(18-20-50)45(60)54-42(30(4)55)39(58)21-28(2)44(59)53-36(13-10-11-19-49)38(57)22-29(3)48-61-41-25-35-24-40(46(35,5)6)47(41,7)62-48;1-3-4-5-12-6-8-13(9-7-12)15-17-10-14(11-18-15)16(19)20-2;1-2-3-4-11-5-7-12(8-6-11)14-16-9-13(10-17-14)15(18)19;1-2-3-4-9-5-7-10(8-6-9)11(12)13;1-11-5(10)4-2-8-6(7)9-3-4;/h14-17,26-30,33,35-36,40-42,55H,8-13,18-25,49-50H2,1-7H3,(H,53,59)(H,54,60);6-11H,3-5H2,1-2H3;5-10H,2-4H2,1H3,(H,18,19);5-8,12-13H,2-4H2,1H3;2-3H,1H3;1H4/t28-,29-,30-,33-,35+,36+,40+,41-,42+,47+;;;;;/m1...../s1. The van der Waals surface area contributed by atoms with Crippen molar-refractivity contribution < 1.29 is 77.4 Å². The molecule has 10 N–H and O–H groups in total. The SMILES string of the molecule is C.CCCCc1ccc(-c2ncc(C(=O)C[C@@H](CCN)C(=O)N[C@H](C(=O)C[C@@H](C)C(=O)N[C@@H](CCCCN)C(=O)C[C@@H](C)B3O[C@@H]4C[C@@H]5C[C@@H](C5(C)C)[C@]4(C)O3)[C@@H](C)O)cn2)cc1.CCCCc1ccc(-c2ncc(C(=O)O)cn2)cc1.CCCCc1ccc(-c2ncc(C(=O)OC)cn2)cc1.CCCCc1ccc(B(O)O)cc1.COC(=O)c1cnc(Cl)nc1. The summed E-state index contributed by atoms with van der Waals surface area (Å²) in [6.45, 7) is 20.8. The molecule has 0 unspecified atom stereocenters. The lowest BCUT2D eigenvalue weighted by molar-refractivity contribution is -0.199. The van der Waals surface area contributed by atoms with Gasteiger partial charge in [-0.15, -0.1) is 0 Å². The first-order valence-corrected chi connectivity index (χ1v) is 43.9. The number of ketones is 3. The van der Waals surface area contributed by atoms with Crippen LogP contribution < -0.4 is 27.6 Å². The summed E-state index contributed by atoms with van der Waals surface area (Å²) in [5.41, 5.74) is 20.7. The van der Waals surface area contributed by atoms with Crippen LogP contribution in [-0.4, -0.2) is 179 Å². The molecule has 4 fully saturated rings. The van der Waals surface area contributed by atoms with Gasteiger partial charge in [0.2, 0.25) is 17.1 Å². The average Bonchev–Trinajstić information content (AvgIpc) is 1.46. The van der Waals surface area contributed by atoms with Crippen LogP contribution in [-0.2, 0) is 63.6 Å². The van der Waals surface area contributed by atoms with Crippen molar-refractivity contribution in [3.8, 4) is 34.2 Å². The van der Waals surface area contributed by atoms with E-state index in [0.29, 0.717) is 66.1 Å². The van der Waals surface area contributed by atoms with Gasteiger partial charge in [-0.2, -0.15) is 0 Å². The number of aryl methyl sites for hydroxylation is 4. The smallest absolute Gasteiger partial charge is 0.478 e. The van der Waals surface area contributed by atoms with Crippen LogP contribution in [0.3, 0.4) is 0 Å². The molecule has 0 spiro atoms. The number of nitrogens with one attached hydrogen (secondary N) is 2. The van der Waals surface area contributed by atoms with Gasteiger partial charge in [-0.1, -0.05) is 186 Å². The number of aliphatic hydroxyl groups is 1. The number of aromatic nitrogens is 8. The lowest BCUT2D eigenvalue weighted by Gasteiger charge is -2.64. The van der Waals surface area contributed by atoms with Gasteiger partial charge in [0.25, 0.3) is 0 Å². The molecule has 10 atom stereocenters. The summed E-state index contributed by atoms with van der Waals surface area (Å²) in [4.78, 5) is 133. The molecule has 1 saturated heterocycles. The number of nitrogens with two attached hydrogens (primary N) is 2. The van der Waals surface area contributed by atoms with Crippen molar-refractivity contribution >= 4 is 78.4 Å². The molecular formula is C95H129B2ClN12O16. The predicted octanol–water partition coefficient (Wildman–Crippen LogP) is 13.9. The highest BCUT2D eigenvalue weighted by Crippen LogP contribution is 2.66. The quantitative estimate of drug-likeness (QED) is 0.00581. The van der Waals surface area contributed by atoms with Crippen LogP contribution in [0.15, 0.2) is 147 Å². The fourth-order valence-corrected chi connectivity index (χ4v) is 15.3. The molecule has 5 heterocycles. The maximum absolute atomic E-state index is 13.8. The maximum Gasteiger partial charge on any atom is 0.488 e. The van der Waals surface area contributed by atoms with E-state index in [1.165, 1.54) is 131 Å². The van der Waals surface area contributed by atoms with Gasteiger partial charge in [0.05, 0.1) is 60.3 Å². The van der Waals surface area contributed by atoms with Crippen LogP contribution >= 0.6 is 11.6 Å². The minimum absolute atomic E-state index is 0. The number of methoxy groups -OCH3 is 2. The number of carboxylic acids is 1. The van der Waals surface area contributed by atoms with E-state index in [9.17, 15) is 43.5 Å². The van der Waals surface area contributed by atoms with E-state index in [2.05, 4.69) is 133 Å². The third kappa shape index (κ3) is 31.3. The number of benzene rings is 4. The number of nitrogens with zero attached hydrogens (tertiary/aromatic N) is 8. The molecule has 0 radical (unpaired) electrons. The second-order valence-corrected chi connectivity index (χ2v) is 33.4. The monoisotopic (exact) mass is 1750 g/mol. The summed E-state index contributed by atoms with van der Waals surface area (Å²) in [6, 6.07) is 29.6. The van der Waals surface area contributed by atoms with Gasteiger partial charge in [-0.25, -0.2) is 54.3 Å². The minimum Gasteiger partial charge on any atom is -0.478 e. The number of hydrogen-bond acceptors (Lipinski definition) is 25. The molecule has 8 aromatic rings. The van der Waals surface area contributed by atoms with Gasteiger partial charge in [-0.05, 0) is 179 Å². The van der Waals surface area contributed by atoms with E-state index >= 15 is 0 Å². The molecule has 12 rings (SSSR count). The second-order valence-electron chi connectivity index (χ2n) is 33.1. The molecule has 3 aliphatic carbocycles. The van der Waals surface area contributed by atoms with Crippen LogP contribution in [0.1, 0.15) is 250 Å². The summed E-state index contributed by atoms with van der Waals surface area (Å²) < 4.78 is 22.1. The van der Waals surface area contributed by atoms with Crippen LogP contribution in [0, 0.1) is 29.1 Å². The molecule has 4 aliphatic rings. The van der Waals surface area contributed by atoms with Gasteiger partial charge in [0, 0.05) is 97.4 Å². The molecule has 3 saturated carbocycles. The molecule has 28 nitrogen and oxygen atoms in total. The first-order chi connectivity index (χ1) is 59.8. The van der Waals surface area contributed by atoms with Gasteiger partial charge in [0.1, 0.15) is 6.04 Å². The van der Waals surface area contributed by atoms with E-state index in [0.717, 1.165) is 68.1 Å². The van der Waals surface area contributed by atoms with E-state index in [1.807, 2.05) is 67.6 Å². The Morgan fingerprint density at radius 2 is 0.960 bits per heavy atom. The Labute approximate surface area is 747 Å². The van der Waals surface area contributed by atoms with Crippen molar-refractivity contribution in [2.24, 2.45) is 40.6 Å². The normalized spacial score (nSPS) is 16.9. The van der Waals surface area contributed by atoms with Gasteiger partial charge in [-0.3, -0.25) is 24.0 Å². The average molecular weight is 1750 g/mol. The number of esters is 2. The Kier molecular flexibility index (Phi) is 43.7. The first kappa shape index (κ1) is 104. The fourth-order valence-electron chi connectivity index (χ4n) is 15.2. The molecule has 1 aliphatic heterocycles. The van der Waals surface area contributed by atoms with Crippen molar-refractivity contribution in [2.45, 2.75) is 247 Å². The number of ether oxygens (including phenoxy) is 2. The Morgan fingerprint density at radius 1 is 0.540 bits per heavy atom. The largest absolute Gasteiger partial charge is 0.488 e. The number of hydrogen-bond donors (Lipinski definition) is 8. The number of unbranched alkanes of at least 4 members (excludes halogenated alkanes) is 5. The van der Waals surface area contributed by atoms with Crippen LogP contribution in [0.2, 0.25) is 11.1 Å². The van der Waals surface area contributed by atoms with Crippen molar-refractivity contribution in [3.63, 3.8) is 0 Å². The Balaban J connectivity index is 0.000000304. The number of rotatable bonds is 40. The zero-order valence-electron chi connectivity index (χ0n) is 74.3. The molecule has 4 aromatic heterocycles. The Bertz CT molecular complexity index is 4700. The fraction of sp³-hybridized carbons (Fsp3) is 0.495. The zero-order valence-corrected chi connectivity index (χ0v) is 75.0. The summed E-state index contributed by atoms with van der Waals surface area (Å²) in [7, 11) is 0.753. The van der Waals surface area contributed by atoms with Crippen LogP contribution in [0.4, 0.5) is 0 Å². The predicted molar refractivity (Wildman–Crippen MR) is 489 cm³/mol. The number of carboxylic acid groups (broad SMARTS) is 1. The van der Waals surface area contributed by atoms with Gasteiger partial charge in [0.15, 0.2) is 34.8 Å². The van der Waals surface area contributed by atoms with Gasteiger partial charge < -0.3 is 61.1 Å². The van der Waals surface area contributed by atoms with Crippen molar-refractivity contribution in [1.29, 1.82) is 0 Å². The van der Waals surface area contributed by atoms with E-state index in [4.69, 9.17) is 47.5 Å². The highest BCUT2D eigenvalue weighted by atomic mass is 35.5. The van der Waals surface area contributed by atoms with Crippen molar-refractivity contribution in [3.05, 3.63) is 196 Å². The number of carbonyl (C=O) groups is 8. The maximum atomic E-state index is 13.8. The number of amides is 2. The molecule has 2 bridgehead atoms. The highest BCUT2D eigenvalue weighted by Gasteiger charge is 2.68. The highest BCUT2D eigenvalue weighted by molar-refractivity contribution is 6.58. The molecule has 678 valence electrons. The van der Waals surface area contributed by atoms with Crippen LogP contribution in [0.25, 0.3) is 34.2 Å². The van der Waals surface area contributed by atoms with Gasteiger partial charge >= 0.3 is 32.1 Å². The third-order valence-electron chi connectivity index (χ3n) is 23.2. The van der Waals surface area contributed by atoms with Crippen molar-refractivity contribution in [2.75, 3.05) is 27.3 Å². The van der Waals surface area contributed by atoms with E-state index in [1.54, 1.807) is 19.1 Å². The number of halogens is 1. The molecule has 4 aromatic carbocycles. The summed E-state index contributed by atoms with van der Waals surface area (Å²) in [5.74, 6) is -3.51. The second kappa shape index (κ2) is 52.7. The summed E-state index contributed by atoms with van der Waals surface area (Å²) >= 11 is 5.39. The number of aromatic carboxylic acids is 1. The Hall–Kier alpha value is -10.3. The minimum atomic E-state index is -1.35. The number of Topliss-reactive ketones (excluding diaryl/α,β-unsaturated/α-hetero) is 3. The topological polar surface area (TPSA) is 434 Å². The molecule has 31 heteroatoms. The van der Waals surface area contributed by atoms with E-state index < -0.39 is 85.4 Å². The van der Waals surface area contributed by atoms with E-state index in [-0.39, 0.29) is 90.5 Å². The summed E-state index contributed by atoms with van der Waals surface area (Å²) in [6.07, 6.45) is 26.9. The first-order valence-electron chi connectivity index (χ1n) is 43.5. The lowest BCUT2D eigenvalue weighted by atomic mass is 9.43. The molecule has 126 heavy (non-hydrogen) atoms. The Morgan fingerprint density at radius 3 is 1.35 bits per heavy atom.